The fourth-order valence-electron chi connectivity index (χ4n) is 3.03. The molecule has 0 bridgehead atoms. The third kappa shape index (κ3) is 4.70. The molecule has 0 nitrogen and oxygen atoms in total. The highest BCUT2D eigenvalue weighted by atomic mass is 14.2. The highest BCUT2D eigenvalue weighted by molar-refractivity contribution is 5.39. The molecule has 0 aliphatic heterocycles. The predicted molar refractivity (Wildman–Crippen MR) is 103 cm³/mol. The molecular weight excluding hydrogens is 276 g/mol. The van der Waals surface area contributed by atoms with Crippen molar-refractivity contribution in [3.05, 3.63) is 69.8 Å². The van der Waals surface area contributed by atoms with Gasteiger partial charge in [0.25, 0.3) is 0 Å². The van der Waals surface area contributed by atoms with Crippen molar-refractivity contribution in [1.29, 1.82) is 0 Å². The van der Waals surface area contributed by atoms with Crippen molar-refractivity contribution in [3.8, 4) is 0 Å². The number of hydrogen-bond acceptors (Lipinski definition) is 0. The Morgan fingerprint density at radius 3 is 1.22 bits per heavy atom. The molecule has 0 atom stereocenters. The van der Waals surface area contributed by atoms with Crippen LogP contribution in [0.25, 0.3) is 0 Å². The van der Waals surface area contributed by atoms with E-state index >= 15 is 0 Å². The Hall–Kier alpha value is -1.56. The molecule has 2 aromatic carbocycles. The molecule has 0 aromatic heterocycles. The molecule has 0 unspecified atom stereocenters. The third-order valence-electron chi connectivity index (χ3n) is 4.41. The van der Waals surface area contributed by atoms with Crippen molar-refractivity contribution in [1.82, 2.24) is 0 Å². The zero-order valence-corrected chi connectivity index (χ0v) is 16.2. The summed E-state index contributed by atoms with van der Waals surface area (Å²) < 4.78 is 0. The highest BCUT2D eigenvalue weighted by Crippen LogP contribution is 2.28. The Morgan fingerprint density at radius 1 is 0.565 bits per heavy atom. The Bertz CT molecular complexity index is 629. The maximum Gasteiger partial charge on any atom is -0.00254 e. The van der Waals surface area contributed by atoms with Crippen LogP contribution in [0.5, 0.6) is 0 Å². The van der Waals surface area contributed by atoms with E-state index in [9.17, 15) is 0 Å². The van der Waals surface area contributed by atoms with Crippen LogP contribution in [-0.2, 0) is 17.3 Å². The van der Waals surface area contributed by atoms with Crippen LogP contribution in [0.1, 0.15) is 74.9 Å². The van der Waals surface area contributed by atoms with Gasteiger partial charge >= 0.3 is 0 Å². The maximum atomic E-state index is 2.38. The molecule has 0 fully saturated rings. The second-order valence-electron chi connectivity index (χ2n) is 9.09. The lowest BCUT2D eigenvalue weighted by molar-refractivity contribution is 0.588. The molecule has 0 heteroatoms. The van der Waals surface area contributed by atoms with Gasteiger partial charge in [-0.3, -0.25) is 0 Å². The lowest BCUT2D eigenvalue weighted by atomic mass is 9.83. The summed E-state index contributed by atoms with van der Waals surface area (Å²) >= 11 is 0. The molecule has 0 aliphatic rings. The summed E-state index contributed by atoms with van der Waals surface area (Å²) in [4.78, 5) is 0. The summed E-state index contributed by atoms with van der Waals surface area (Å²) in [5.74, 6) is 0. The number of benzene rings is 2. The van der Waals surface area contributed by atoms with E-state index in [1.165, 1.54) is 33.4 Å². The lowest BCUT2D eigenvalue weighted by Crippen LogP contribution is -2.13. The predicted octanol–water partition coefficient (Wildman–Crippen LogP) is 6.49. The minimum Gasteiger partial charge on any atom is -0.0561 e. The lowest BCUT2D eigenvalue weighted by Gasteiger charge is -2.22. The van der Waals surface area contributed by atoms with Crippen LogP contribution in [0, 0.1) is 13.8 Å². The van der Waals surface area contributed by atoms with Crippen molar-refractivity contribution in [2.24, 2.45) is 0 Å². The first-order valence-electron chi connectivity index (χ1n) is 8.67. The minimum atomic E-state index is 0.198. The number of aryl methyl sites for hydroxylation is 2. The van der Waals surface area contributed by atoms with E-state index in [2.05, 4.69) is 91.8 Å². The molecule has 0 saturated carbocycles. The van der Waals surface area contributed by atoms with E-state index < -0.39 is 0 Å². The van der Waals surface area contributed by atoms with Crippen LogP contribution >= 0.6 is 0 Å². The normalized spacial score (nSPS) is 12.5. The van der Waals surface area contributed by atoms with E-state index in [4.69, 9.17) is 0 Å². The average Bonchev–Trinajstić information content (AvgIpc) is 2.35. The Labute approximate surface area is 143 Å². The average molecular weight is 309 g/mol. The van der Waals surface area contributed by atoms with Gasteiger partial charge in [0.2, 0.25) is 0 Å². The van der Waals surface area contributed by atoms with Crippen LogP contribution in [0.3, 0.4) is 0 Å². The second kappa shape index (κ2) is 6.15. The van der Waals surface area contributed by atoms with Crippen molar-refractivity contribution in [2.75, 3.05) is 0 Å². The number of hydrogen-bond donors (Lipinski definition) is 0. The summed E-state index contributed by atoms with van der Waals surface area (Å²) in [6, 6.07) is 14.1. The van der Waals surface area contributed by atoms with E-state index in [0.29, 0.717) is 0 Å². The van der Waals surface area contributed by atoms with Gasteiger partial charge in [0, 0.05) is 0 Å². The van der Waals surface area contributed by atoms with Gasteiger partial charge in [0.05, 0.1) is 0 Å². The highest BCUT2D eigenvalue weighted by Gasteiger charge is 2.16. The van der Waals surface area contributed by atoms with Crippen LogP contribution in [0.15, 0.2) is 36.4 Å². The first kappa shape index (κ1) is 17.8. The van der Waals surface area contributed by atoms with Gasteiger partial charge < -0.3 is 0 Å². The van der Waals surface area contributed by atoms with Gasteiger partial charge in [0.15, 0.2) is 0 Å². The fraction of sp³-hybridized carbons (Fsp3) is 0.478. The molecular formula is C23H32. The largest absolute Gasteiger partial charge is 0.0561 e. The summed E-state index contributed by atoms with van der Waals surface area (Å²) in [7, 11) is 0. The molecule has 23 heavy (non-hydrogen) atoms. The summed E-state index contributed by atoms with van der Waals surface area (Å²) in [6.45, 7) is 18.1. The van der Waals surface area contributed by atoms with Crippen LogP contribution < -0.4 is 0 Å². The smallest absolute Gasteiger partial charge is 0.00254 e. The van der Waals surface area contributed by atoms with Crippen molar-refractivity contribution in [2.45, 2.75) is 72.6 Å². The molecule has 0 radical (unpaired) electrons. The molecule has 0 saturated heterocycles. The molecule has 0 heterocycles. The zero-order valence-electron chi connectivity index (χ0n) is 16.2. The molecule has 124 valence electrons. The monoisotopic (exact) mass is 308 g/mol. The Balaban J connectivity index is 2.40. The SMILES string of the molecule is Cc1cc(Cc2cc(C)cc(C(C)(C)C)c2)cc(C(C)(C)C)c1. The Morgan fingerprint density at radius 2 is 0.913 bits per heavy atom. The molecule has 0 amide bonds. The summed E-state index contributed by atoms with van der Waals surface area (Å²) in [6.07, 6.45) is 1.01. The van der Waals surface area contributed by atoms with E-state index in [1.807, 2.05) is 0 Å². The van der Waals surface area contributed by atoms with Gasteiger partial charge in [-0.2, -0.15) is 0 Å². The van der Waals surface area contributed by atoms with Crippen LogP contribution in [-0.4, -0.2) is 0 Å². The molecule has 2 aromatic rings. The standard InChI is InChI=1S/C23H32/c1-16-9-18(14-20(11-16)22(3,4)5)13-19-10-17(2)12-21(15-19)23(6,7)8/h9-12,14-15H,13H2,1-8H3. The zero-order chi connectivity index (χ0) is 17.4. The van der Waals surface area contributed by atoms with Gasteiger partial charge in [-0.1, -0.05) is 89.1 Å². The van der Waals surface area contributed by atoms with Crippen LogP contribution in [0.4, 0.5) is 0 Å². The Kier molecular flexibility index (Phi) is 4.76. The van der Waals surface area contributed by atoms with Crippen molar-refractivity contribution in [3.63, 3.8) is 0 Å². The first-order chi connectivity index (χ1) is 10.4. The van der Waals surface area contributed by atoms with Gasteiger partial charge in [-0.15, -0.1) is 0 Å². The van der Waals surface area contributed by atoms with Crippen LogP contribution in [0.2, 0.25) is 0 Å². The molecule has 2 rings (SSSR count). The third-order valence-corrected chi connectivity index (χ3v) is 4.41. The topological polar surface area (TPSA) is 0 Å². The quantitative estimate of drug-likeness (QED) is 0.595. The van der Waals surface area contributed by atoms with E-state index in [0.717, 1.165) is 6.42 Å². The minimum absolute atomic E-state index is 0.198. The molecule has 0 spiro atoms. The van der Waals surface area contributed by atoms with Gasteiger partial charge in [-0.25, -0.2) is 0 Å². The molecule has 0 N–H and O–H groups in total. The van der Waals surface area contributed by atoms with Crippen molar-refractivity contribution >= 4 is 0 Å². The maximum absolute atomic E-state index is 2.38. The second-order valence-corrected chi connectivity index (χ2v) is 9.09. The molecule has 0 aliphatic carbocycles. The van der Waals surface area contributed by atoms with Gasteiger partial charge in [0.1, 0.15) is 0 Å². The van der Waals surface area contributed by atoms with Crippen molar-refractivity contribution < 1.29 is 0 Å². The van der Waals surface area contributed by atoms with E-state index in [-0.39, 0.29) is 10.8 Å². The first-order valence-corrected chi connectivity index (χ1v) is 8.67. The van der Waals surface area contributed by atoms with E-state index in [1.54, 1.807) is 0 Å². The summed E-state index contributed by atoms with van der Waals surface area (Å²) in [5.41, 5.74) is 8.80. The van der Waals surface area contributed by atoms with Gasteiger partial charge in [-0.05, 0) is 53.4 Å². The fourth-order valence-corrected chi connectivity index (χ4v) is 3.03. The summed E-state index contributed by atoms with van der Waals surface area (Å²) in [5, 5.41) is 0. The number of rotatable bonds is 2.